The Morgan fingerprint density at radius 1 is 0.909 bits per heavy atom. The molecule has 0 bridgehead atoms. The van der Waals surface area contributed by atoms with Crippen molar-refractivity contribution in [3.8, 4) is 0 Å². The summed E-state index contributed by atoms with van der Waals surface area (Å²) in [7, 11) is 0. The molecule has 2 aromatic rings. The molecule has 0 aliphatic carbocycles. The summed E-state index contributed by atoms with van der Waals surface area (Å²) in [5.41, 5.74) is -0.328. The zero-order chi connectivity index (χ0) is 15.7. The van der Waals surface area contributed by atoms with Gasteiger partial charge in [0.25, 0.3) is 5.91 Å². The fraction of sp³-hybridized carbons (Fsp3) is 0.118. The van der Waals surface area contributed by atoms with Crippen LogP contribution in [0.1, 0.15) is 18.1 Å². The van der Waals surface area contributed by atoms with Gasteiger partial charge >= 0.3 is 6.03 Å². The lowest BCUT2D eigenvalue weighted by molar-refractivity contribution is -0.135. The monoisotopic (exact) mass is 294 g/mol. The van der Waals surface area contributed by atoms with E-state index in [0.29, 0.717) is 11.1 Å². The van der Waals surface area contributed by atoms with Crippen LogP contribution in [0.25, 0.3) is 0 Å². The summed E-state index contributed by atoms with van der Waals surface area (Å²) in [6.07, 6.45) is 0. The quantitative estimate of drug-likeness (QED) is 0.862. The van der Waals surface area contributed by atoms with Crippen LogP contribution in [0.5, 0.6) is 0 Å². The third kappa shape index (κ3) is 1.83. The minimum atomic E-state index is -1.47. The minimum Gasteiger partial charge on any atom is -0.275 e. The van der Waals surface area contributed by atoms with Gasteiger partial charge in [-0.15, -0.1) is 0 Å². The molecule has 1 aliphatic heterocycles. The van der Waals surface area contributed by atoms with E-state index in [1.54, 1.807) is 48.5 Å². The zero-order valence-electron chi connectivity index (χ0n) is 11.9. The predicted octanol–water partition coefficient (Wildman–Crippen LogP) is 2.03. The molecule has 0 spiro atoms. The first kappa shape index (κ1) is 14.0. The number of carbonyl (C=O) groups excluding carboxylic acids is 3. The fourth-order valence-corrected chi connectivity index (χ4v) is 2.92. The maximum atomic E-state index is 12.7. The number of hydrogen-bond acceptors (Lipinski definition) is 3. The van der Waals surface area contributed by atoms with Crippen molar-refractivity contribution in [2.24, 2.45) is 0 Å². The van der Waals surface area contributed by atoms with E-state index < -0.39 is 23.4 Å². The van der Waals surface area contributed by atoms with Gasteiger partial charge in [0.15, 0.2) is 5.54 Å². The summed E-state index contributed by atoms with van der Waals surface area (Å²) >= 11 is 0. The third-order valence-electron chi connectivity index (χ3n) is 3.79. The standard InChI is InChI=1S/C17H14N2O3/c1-12(20)19-16(22)18-15(21)17(19,13-8-4-2-5-9-13)14-10-6-3-7-11-14/h2-11H,1H3,(H,18,21,22). The van der Waals surface area contributed by atoms with Gasteiger partial charge in [-0.05, 0) is 11.1 Å². The van der Waals surface area contributed by atoms with Crippen molar-refractivity contribution in [2.75, 3.05) is 0 Å². The Labute approximate surface area is 127 Å². The van der Waals surface area contributed by atoms with Crippen LogP contribution in [-0.4, -0.2) is 22.7 Å². The summed E-state index contributed by atoms with van der Waals surface area (Å²) in [5, 5.41) is 2.26. The molecule has 5 heteroatoms. The highest BCUT2D eigenvalue weighted by Crippen LogP contribution is 2.39. The van der Waals surface area contributed by atoms with Crippen molar-refractivity contribution in [3.63, 3.8) is 0 Å². The minimum absolute atomic E-state index is 0.490. The van der Waals surface area contributed by atoms with Gasteiger partial charge in [0.05, 0.1) is 0 Å². The molecule has 1 fully saturated rings. The normalized spacial score (nSPS) is 16.5. The SMILES string of the molecule is CC(=O)N1C(=O)NC(=O)C1(c1ccccc1)c1ccccc1. The van der Waals surface area contributed by atoms with Crippen molar-refractivity contribution in [2.45, 2.75) is 12.5 Å². The lowest BCUT2D eigenvalue weighted by Crippen LogP contribution is -2.50. The van der Waals surface area contributed by atoms with Crippen LogP contribution in [0.2, 0.25) is 0 Å². The summed E-state index contributed by atoms with van der Waals surface area (Å²) in [5.74, 6) is -1.01. The molecule has 22 heavy (non-hydrogen) atoms. The number of carbonyl (C=O) groups is 3. The van der Waals surface area contributed by atoms with Crippen LogP contribution in [0.15, 0.2) is 60.7 Å². The van der Waals surface area contributed by atoms with Gasteiger partial charge in [0, 0.05) is 6.92 Å². The second kappa shape index (κ2) is 5.11. The molecule has 0 atom stereocenters. The predicted molar refractivity (Wildman–Crippen MR) is 79.7 cm³/mol. The maximum Gasteiger partial charge on any atom is 0.332 e. The summed E-state index contributed by atoms with van der Waals surface area (Å²) in [4.78, 5) is 37.9. The number of nitrogens with zero attached hydrogens (tertiary/aromatic N) is 1. The second-order valence-corrected chi connectivity index (χ2v) is 5.06. The molecule has 0 aromatic heterocycles. The lowest BCUT2D eigenvalue weighted by atomic mass is 9.81. The Balaban J connectivity index is 2.35. The van der Waals surface area contributed by atoms with Gasteiger partial charge in [-0.25, -0.2) is 9.69 Å². The van der Waals surface area contributed by atoms with E-state index in [1.165, 1.54) is 6.92 Å². The number of imide groups is 2. The van der Waals surface area contributed by atoms with Gasteiger partial charge in [-0.3, -0.25) is 14.9 Å². The van der Waals surface area contributed by atoms with E-state index >= 15 is 0 Å². The number of nitrogens with one attached hydrogen (secondary N) is 1. The Morgan fingerprint density at radius 3 is 1.77 bits per heavy atom. The van der Waals surface area contributed by atoms with Crippen molar-refractivity contribution < 1.29 is 14.4 Å². The first-order valence-electron chi connectivity index (χ1n) is 6.85. The average Bonchev–Trinajstić information content (AvgIpc) is 2.80. The molecule has 110 valence electrons. The van der Waals surface area contributed by atoms with Gasteiger partial charge in [0.1, 0.15) is 0 Å². The number of urea groups is 1. The van der Waals surface area contributed by atoms with Crippen LogP contribution in [0, 0.1) is 0 Å². The molecule has 5 nitrogen and oxygen atoms in total. The number of hydrogen-bond donors (Lipinski definition) is 1. The number of rotatable bonds is 2. The Bertz CT molecular complexity index is 702. The highest BCUT2D eigenvalue weighted by atomic mass is 16.2. The first-order valence-corrected chi connectivity index (χ1v) is 6.85. The van der Waals surface area contributed by atoms with Crippen molar-refractivity contribution in [3.05, 3.63) is 71.8 Å². The zero-order valence-corrected chi connectivity index (χ0v) is 11.9. The molecule has 3 rings (SSSR count). The molecule has 1 aliphatic rings. The lowest BCUT2D eigenvalue weighted by Gasteiger charge is -2.34. The highest BCUT2D eigenvalue weighted by molar-refractivity contribution is 6.15. The molecular formula is C17H14N2O3. The second-order valence-electron chi connectivity index (χ2n) is 5.06. The Kier molecular flexibility index (Phi) is 3.25. The first-order chi connectivity index (χ1) is 10.6. The highest BCUT2D eigenvalue weighted by Gasteiger charge is 2.57. The van der Waals surface area contributed by atoms with E-state index in [-0.39, 0.29) is 0 Å². The fourth-order valence-electron chi connectivity index (χ4n) is 2.92. The van der Waals surface area contributed by atoms with E-state index in [0.717, 1.165) is 4.90 Å². The van der Waals surface area contributed by atoms with Gasteiger partial charge in [0.2, 0.25) is 5.91 Å². The van der Waals surface area contributed by atoms with Crippen molar-refractivity contribution >= 4 is 17.8 Å². The molecule has 2 aromatic carbocycles. The van der Waals surface area contributed by atoms with Crippen LogP contribution in [0.4, 0.5) is 4.79 Å². The molecule has 4 amide bonds. The van der Waals surface area contributed by atoms with Crippen LogP contribution >= 0.6 is 0 Å². The topological polar surface area (TPSA) is 66.5 Å². The Morgan fingerprint density at radius 2 is 1.36 bits per heavy atom. The molecule has 0 unspecified atom stereocenters. The summed E-state index contributed by atoms with van der Waals surface area (Å²) < 4.78 is 0. The molecular weight excluding hydrogens is 280 g/mol. The van der Waals surface area contributed by atoms with E-state index in [1.807, 2.05) is 12.1 Å². The molecule has 1 saturated heterocycles. The maximum absolute atomic E-state index is 12.7. The number of amides is 4. The van der Waals surface area contributed by atoms with Crippen LogP contribution < -0.4 is 5.32 Å². The molecule has 1 heterocycles. The largest absolute Gasteiger partial charge is 0.332 e. The third-order valence-corrected chi connectivity index (χ3v) is 3.79. The average molecular weight is 294 g/mol. The van der Waals surface area contributed by atoms with Gasteiger partial charge < -0.3 is 0 Å². The van der Waals surface area contributed by atoms with E-state index in [2.05, 4.69) is 5.32 Å². The summed E-state index contributed by atoms with van der Waals surface area (Å²) in [6, 6.07) is 17.0. The smallest absolute Gasteiger partial charge is 0.275 e. The van der Waals surface area contributed by atoms with Gasteiger partial charge in [-0.1, -0.05) is 60.7 Å². The van der Waals surface area contributed by atoms with E-state index in [9.17, 15) is 14.4 Å². The van der Waals surface area contributed by atoms with Crippen molar-refractivity contribution in [1.82, 2.24) is 10.2 Å². The number of benzene rings is 2. The molecule has 1 N–H and O–H groups in total. The van der Waals surface area contributed by atoms with Gasteiger partial charge in [-0.2, -0.15) is 0 Å². The molecule has 0 saturated carbocycles. The van der Waals surface area contributed by atoms with E-state index in [4.69, 9.17) is 0 Å². The molecule has 0 radical (unpaired) electrons. The van der Waals surface area contributed by atoms with Crippen LogP contribution in [-0.2, 0) is 15.1 Å². The Hall–Kier alpha value is -2.95. The summed E-state index contributed by atoms with van der Waals surface area (Å²) in [6.45, 7) is 1.28. The van der Waals surface area contributed by atoms with Crippen LogP contribution in [0.3, 0.4) is 0 Å². The van der Waals surface area contributed by atoms with Crippen molar-refractivity contribution in [1.29, 1.82) is 0 Å².